The van der Waals surface area contributed by atoms with Crippen molar-refractivity contribution in [3.63, 3.8) is 0 Å². The number of allylic oxidation sites excluding steroid dienone is 6. The first-order valence-corrected chi connectivity index (χ1v) is 11.4. The molecule has 0 spiro atoms. The number of nitrogens with zero attached hydrogens (tertiary/aromatic N) is 2. The third-order valence-electron chi connectivity index (χ3n) is 4.90. The summed E-state index contributed by atoms with van der Waals surface area (Å²) < 4.78 is 51.4. The molecule has 1 aromatic heterocycles. The minimum absolute atomic E-state index is 0.194. The van der Waals surface area contributed by atoms with Crippen LogP contribution in [0, 0.1) is 0 Å². The number of alkyl halides is 3. The van der Waals surface area contributed by atoms with E-state index < -0.39 is 6.36 Å². The summed E-state index contributed by atoms with van der Waals surface area (Å²) in [7, 11) is 0. The van der Waals surface area contributed by atoms with Crippen LogP contribution in [0.1, 0.15) is 45.2 Å². The molecule has 0 saturated carbocycles. The van der Waals surface area contributed by atoms with Crippen LogP contribution in [0.3, 0.4) is 0 Å². The molecule has 2 aromatic rings. The van der Waals surface area contributed by atoms with E-state index in [9.17, 15) is 17.6 Å². The molecular formula is C26H31F4N3O. The molecule has 1 aliphatic carbocycles. The van der Waals surface area contributed by atoms with E-state index in [0.29, 0.717) is 12.2 Å². The number of benzene rings is 1. The number of pyridine rings is 1. The lowest BCUT2D eigenvalue weighted by molar-refractivity contribution is -0.274. The number of hydrogen-bond acceptors (Lipinski definition) is 4. The number of anilines is 2. The fourth-order valence-corrected chi connectivity index (χ4v) is 3.44. The Labute approximate surface area is 198 Å². The Bertz CT molecular complexity index is 979. The van der Waals surface area contributed by atoms with Gasteiger partial charge in [0.05, 0.1) is 5.69 Å². The maximum absolute atomic E-state index is 13.3. The quantitative estimate of drug-likeness (QED) is 0.466. The second-order valence-corrected chi connectivity index (χ2v) is 7.36. The van der Waals surface area contributed by atoms with Crippen molar-refractivity contribution in [1.29, 1.82) is 0 Å². The van der Waals surface area contributed by atoms with Crippen LogP contribution in [0.2, 0.25) is 0 Å². The monoisotopic (exact) mass is 477 g/mol. The average Bonchev–Trinajstić information content (AvgIpc) is 3.05. The summed E-state index contributed by atoms with van der Waals surface area (Å²) >= 11 is 0. The Morgan fingerprint density at radius 1 is 0.941 bits per heavy atom. The highest BCUT2D eigenvalue weighted by Crippen LogP contribution is 2.27. The predicted molar refractivity (Wildman–Crippen MR) is 130 cm³/mol. The van der Waals surface area contributed by atoms with Gasteiger partial charge in [-0.3, -0.25) is 0 Å². The van der Waals surface area contributed by atoms with Crippen LogP contribution in [-0.4, -0.2) is 24.4 Å². The zero-order chi connectivity index (χ0) is 25.0. The van der Waals surface area contributed by atoms with Gasteiger partial charge in [-0.25, -0.2) is 9.37 Å². The van der Waals surface area contributed by atoms with Crippen molar-refractivity contribution < 1.29 is 22.3 Å². The molecule has 34 heavy (non-hydrogen) atoms. The number of nitrogens with two attached hydrogens (primary N) is 1. The molecule has 8 heteroatoms. The van der Waals surface area contributed by atoms with E-state index in [1.807, 2.05) is 26.0 Å². The lowest BCUT2D eigenvalue weighted by atomic mass is 10.1. The van der Waals surface area contributed by atoms with Crippen LogP contribution in [-0.2, 0) is 0 Å². The number of aromatic nitrogens is 1. The predicted octanol–water partition coefficient (Wildman–Crippen LogP) is 7.46. The van der Waals surface area contributed by atoms with Crippen molar-refractivity contribution in [2.24, 2.45) is 0 Å². The van der Waals surface area contributed by atoms with Crippen LogP contribution in [0.5, 0.6) is 5.75 Å². The van der Waals surface area contributed by atoms with E-state index in [1.54, 1.807) is 18.2 Å². The summed E-state index contributed by atoms with van der Waals surface area (Å²) in [5.74, 6) is 0.112. The molecule has 1 aliphatic heterocycles. The summed E-state index contributed by atoms with van der Waals surface area (Å²) in [6, 6.07) is 11.0. The number of hydrogen-bond donors (Lipinski definition) is 1. The molecular weight excluding hydrogens is 446 g/mol. The first-order valence-electron chi connectivity index (χ1n) is 11.4. The zero-order valence-electron chi connectivity index (χ0n) is 19.5. The Kier molecular flexibility index (Phi) is 10.6. The molecule has 0 bridgehead atoms. The van der Waals surface area contributed by atoms with Gasteiger partial charge in [-0.15, -0.1) is 13.2 Å². The zero-order valence-corrected chi connectivity index (χ0v) is 19.5. The van der Waals surface area contributed by atoms with Crippen molar-refractivity contribution in [1.82, 2.24) is 4.98 Å². The van der Waals surface area contributed by atoms with Gasteiger partial charge >= 0.3 is 6.36 Å². The van der Waals surface area contributed by atoms with Gasteiger partial charge in [0, 0.05) is 24.8 Å². The molecule has 4 rings (SSSR count). The van der Waals surface area contributed by atoms with Gasteiger partial charge in [0.2, 0.25) is 0 Å². The van der Waals surface area contributed by atoms with Crippen LogP contribution in [0.25, 0.3) is 5.57 Å². The second-order valence-electron chi connectivity index (χ2n) is 7.36. The van der Waals surface area contributed by atoms with E-state index in [0.717, 1.165) is 30.0 Å². The Morgan fingerprint density at radius 3 is 2.26 bits per heavy atom. The standard InChI is InChI=1S/C17H20FN3.C7H5F3O.C2H6/c18-14-6-4-5-13(7-8-14)16-11-15(12-17(19)20-16)21-9-2-1-3-10-21;8-7(9,10)11-6-4-2-1-3-5-6;1-2/h5-8,11-12H,1-4,9-10H2,(H2,19,20);1-5H;1-2H3. The fraction of sp³-hybridized carbons (Fsp3) is 0.346. The molecule has 1 fully saturated rings. The lowest BCUT2D eigenvalue weighted by Crippen LogP contribution is -2.29. The summed E-state index contributed by atoms with van der Waals surface area (Å²) in [6.07, 6.45) is 6.48. The van der Waals surface area contributed by atoms with E-state index in [4.69, 9.17) is 5.73 Å². The highest BCUT2D eigenvalue weighted by molar-refractivity contribution is 5.76. The number of nitrogen functional groups attached to an aromatic ring is 1. The van der Waals surface area contributed by atoms with Crippen LogP contribution < -0.4 is 15.4 Å². The van der Waals surface area contributed by atoms with E-state index in [-0.39, 0.29) is 11.6 Å². The summed E-state index contributed by atoms with van der Waals surface area (Å²) in [5.41, 5.74) is 8.81. The highest BCUT2D eigenvalue weighted by Gasteiger charge is 2.30. The number of halogens is 4. The Morgan fingerprint density at radius 2 is 1.62 bits per heavy atom. The molecule has 2 N–H and O–H groups in total. The molecule has 4 nitrogen and oxygen atoms in total. The molecule has 0 unspecified atom stereocenters. The van der Waals surface area contributed by atoms with Gasteiger partial charge < -0.3 is 15.4 Å². The molecule has 0 atom stereocenters. The minimum atomic E-state index is -4.60. The molecule has 1 saturated heterocycles. The molecule has 0 radical (unpaired) electrons. The number of para-hydroxylation sites is 1. The number of piperidine rings is 1. The van der Waals surface area contributed by atoms with Gasteiger partial charge in [0.25, 0.3) is 0 Å². The minimum Gasteiger partial charge on any atom is -0.406 e. The normalized spacial score (nSPS) is 15.5. The molecule has 2 aliphatic rings. The van der Waals surface area contributed by atoms with E-state index in [2.05, 4.69) is 20.7 Å². The fourth-order valence-electron chi connectivity index (χ4n) is 3.44. The summed E-state index contributed by atoms with van der Waals surface area (Å²) in [4.78, 5) is 6.76. The summed E-state index contributed by atoms with van der Waals surface area (Å²) in [6.45, 7) is 6.13. The van der Waals surface area contributed by atoms with Crippen molar-refractivity contribution in [3.8, 4) is 5.75 Å². The van der Waals surface area contributed by atoms with Crippen LogP contribution in [0.4, 0.5) is 29.1 Å². The summed E-state index contributed by atoms with van der Waals surface area (Å²) in [5, 5.41) is 0. The maximum Gasteiger partial charge on any atom is 0.573 e. The van der Waals surface area contributed by atoms with Gasteiger partial charge in [-0.1, -0.05) is 44.2 Å². The third-order valence-corrected chi connectivity index (χ3v) is 4.90. The smallest absolute Gasteiger partial charge is 0.406 e. The van der Waals surface area contributed by atoms with Gasteiger partial charge in [0.1, 0.15) is 17.4 Å². The molecule has 0 amide bonds. The maximum atomic E-state index is 13.3. The second kappa shape index (κ2) is 13.4. The third kappa shape index (κ3) is 9.29. The lowest BCUT2D eigenvalue weighted by Gasteiger charge is -2.29. The average molecular weight is 478 g/mol. The largest absolute Gasteiger partial charge is 0.573 e. The topological polar surface area (TPSA) is 51.4 Å². The molecule has 2 heterocycles. The first kappa shape index (κ1) is 27.0. The molecule has 184 valence electrons. The molecule has 1 aromatic carbocycles. The van der Waals surface area contributed by atoms with Gasteiger partial charge in [-0.2, -0.15) is 0 Å². The van der Waals surface area contributed by atoms with Crippen molar-refractivity contribution in [3.05, 3.63) is 78.3 Å². The van der Waals surface area contributed by atoms with Gasteiger partial charge in [-0.05, 0) is 61.6 Å². The highest BCUT2D eigenvalue weighted by atomic mass is 19.4. The SMILES string of the molecule is CC.FC(F)(F)Oc1ccccc1.Nc1cc(N2CCCCC2)cc(C2=CCC=C(F)C=C2)n1. The van der Waals surface area contributed by atoms with Crippen molar-refractivity contribution >= 4 is 17.1 Å². The Balaban J connectivity index is 0.000000266. The van der Waals surface area contributed by atoms with Crippen molar-refractivity contribution in [2.45, 2.75) is 45.9 Å². The first-order chi connectivity index (χ1) is 16.3. The van der Waals surface area contributed by atoms with Crippen LogP contribution in [0.15, 0.2) is 72.6 Å². The number of ether oxygens (including phenoxy) is 1. The number of rotatable bonds is 3. The van der Waals surface area contributed by atoms with Crippen LogP contribution >= 0.6 is 0 Å². The van der Waals surface area contributed by atoms with E-state index >= 15 is 0 Å². The Hall–Kier alpha value is -3.29. The van der Waals surface area contributed by atoms with Crippen molar-refractivity contribution in [2.75, 3.05) is 23.7 Å². The van der Waals surface area contributed by atoms with E-state index in [1.165, 1.54) is 49.6 Å². The van der Waals surface area contributed by atoms with Gasteiger partial charge in [0.15, 0.2) is 0 Å².